The Balaban J connectivity index is 2.00. The monoisotopic (exact) mass is 252 g/mol. The van der Waals surface area contributed by atoms with E-state index >= 15 is 0 Å². The maximum absolute atomic E-state index is 11.3. The molecule has 2 heterocycles. The summed E-state index contributed by atoms with van der Waals surface area (Å²) in [6.45, 7) is 7.04. The van der Waals surface area contributed by atoms with E-state index in [9.17, 15) is 4.79 Å². The van der Waals surface area contributed by atoms with Crippen molar-refractivity contribution in [3.05, 3.63) is 23.7 Å². The number of nitrogens with zero attached hydrogens (tertiary/aromatic N) is 1. The molecule has 5 heteroatoms. The van der Waals surface area contributed by atoms with Gasteiger partial charge in [0.15, 0.2) is 0 Å². The van der Waals surface area contributed by atoms with E-state index in [1.807, 2.05) is 0 Å². The molecule has 0 saturated carbocycles. The maximum atomic E-state index is 11.3. The molecule has 1 aromatic heterocycles. The SMILES string of the molecule is COC(=O)c1coc(CN2CC(C)NCC2C)c1. The zero-order chi connectivity index (χ0) is 13.1. The lowest BCUT2D eigenvalue weighted by Gasteiger charge is -2.36. The number of esters is 1. The zero-order valence-corrected chi connectivity index (χ0v) is 11.1. The van der Waals surface area contributed by atoms with Gasteiger partial charge >= 0.3 is 5.97 Å². The number of hydrogen-bond acceptors (Lipinski definition) is 5. The third-order valence-electron chi connectivity index (χ3n) is 3.33. The Bertz CT molecular complexity index is 416. The van der Waals surface area contributed by atoms with Gasteiger partial charge in [-0.1, -0.05) is 0 Å². The molecule has 0 bridgehead atoms. The molecule has 18 heavy (non-hydrogen) atoms. The van der Waals surface area contributed by atoms with Gasteiger partial charge in [-0.05, 0) is 19.9 Å². The molecule has 1 aliphatic rings. The third-order valence-corrected chi connectivity index (χ3v) is 3.33. The van der Waals surface area contributed by atoms with Gasteiger partial charge in [0.1, 0.15) is 12.0 Å². The van der Waals surface area contributed by atoms with Crippen molar-refractivity contribution < 1.29 is 13.9 Å². The second-order valence-corrected chi connectivity index (χ2v) is 4.88. The van der Waals surface area contributed by atoms with Crippen LogP contribution in [0.4, 0.5) is 0 Å². The van der Waals surface area contributed by atoms with Crippen molar-refractivity contribution >= 4 is 5.97 Å². The van der Waals surface area contributed by atoms with Gasteiger partial charge in [-0.25, -0.2) is 4.79 Å². The van der Waals surface area contributed by atoms with E-state index < -0.39 is 0 Å². The molecule has 2 rings (SSSR count). The summed E-state index contributed by atoms with van der Waals surface area (Å²) in [5, 5.41) is 3.43. The Morgan fingerprint density at radius 2 is 2.39 bits per heavy atom. The van der Waals surface area contributed by atoms with Crippen LogP contribution >= 0.6 is 0 Å². The van der Waals surface area contributed by atoms with Gasteiger partial charge in [0, 0.05) is 25.2 Å². The number of rotatable bonds is 3. The van der Waals surface area contributed by atoms with Gasteiger partial charge < -0.3 is 14.5 Å². The second-order valence-electron chi connectivity index (χ2n) is 4.88. The number of piperazine rings is 1. The average Bonchev–Trinajstić information content (AvgIpc) is 2.81. The quantitative estimate of drug-likeness (QED) is 0.820. The molecule has 1 aromatic rings. The molecule has 0 spiro atoms. The van der Waals surface area contributed by atoms with Crippen LogP contribution in [-0.4, -0.2) is 43.2 Å². The van der Waals surface area contributed by atoms with E-state index in [0.717, 1.165) is 25.4 Å². The first-order chi connectivity index (χ1) is 8.60. The first kappa shape index (κ1) is 13.1. The number of methoxy groups -OCH3 is 1. The molecule has 1 N–H and O–H groups in total. The van der Waals surface area contributed by atoms with Crippen molar-refractivity contribution in [1.29, 1.82) is 0 Å². The van der Waals surface area contributed by atoms with Gasteiger partial charge in [-0.2, -0.15) is 0 Å². The topological polar surface area (TPSA) is 54.7 Å². The normalized spacial score (nSPS) is 25.1. The van der Waals surface area contributed by atoms with E-state index in [2.05, 4.69) is 28.8 Å². The van der Waals surface area contributed by atoms with E-state index in [1.165, 1.54) is 13.4 Å². The summed E-state index contributed by atoms with van der Waals surface area (Å²) in [4.78, 5) is 13.7. The summed E-state index contributed by atoms with van der Waals surface area (Å²) in [7, 11) is 1.37. The molecule has 1 fully saturated rings. The van der Waals surface area contributed by atoms with E-state index in [1.54, 1.807) is 6.07 Å². The molecule has 100 valence electrons. The van der Waals surface area contributed by atoms with Crippen molar-refractivity contribution in [3.63, 3.8) is 0 Å². The summed E-state index contributed by atoms with van der Waals surface area (Å²) < 4.78 is 10.1. The molecular weight excluding hydrogens is 232 g/mol. The Hall–Kier alpha value is -1.33. The van der Waals surface area contributed by atoms with Crippen LogP contribution < -0.4 is 5.32 Å². The van der Waals surface area contributed by atoms with Crippen LogP contribution in [0.25, 0.3) is 0 Å². The second kappa shape index (κ2) is 5.54. The van der Waals surface area contributed by atoms with Crippen LogP contribution in [0.2, 0.25) is 0 Å². The molecule has 0 amide bonds. The minimum Gasteiger partial charge on any atom is -0.467 e. The molecule has 1 aliphatic heterocycles. The zero-order valence-electron chi connectivity index (χ0n) is 11.1. The fourth-order valence-corrected chi connectivity index (χ4v) is 2.21. The number of carbonyl (C=O) groups is 1. The van der Waals surface area contributed by atoms with Crippen LogP contribution in [0.15, 0.2) is 16.7 Å². The summed E-state index contributed by atoms with van der Waals surface area (Å²) in [6.07, 6.45) is 1.46. The van der Waals surface area contributed by atoms with Gasteiger partial charge in [0.05, 0.1) is 19.2 Å². The van der Waals surface area contributed by atoms with Crippen molar-refractivity contribution in [2.24, 2.45) is 0 Å². The number of hydrogen-bond donors (Lipinski definition) is 1. The van der Waals surface area contributed by atoms with Crippen LogP contribution in [-0.2, 0) is 11.3 Å². The summed E-state index contributed by atoms with van der Waals surface area (Å²) in [5.41, 5.74) is 0.475. The number of ether oxygens (including phenoxy) is 1. The number of furan rings is 1. The fraction of sp³-hybridized carbons (Fsp3) is 0.615. The smallest absolute Gasteiger partial charge is 0.341 e. The molecular formula is C13H20N2O3. The fourth-order valence-electron chi connectivity index (χ4n) is 2.21. The predicted octanol–water partition coefficient (Wildman–Crippen LogP) is 1.25. The molecule has 1 saturated heterocycles. The van der Waals surface area contributed by atoms with Crippen LogP contribution in [0.5, 0.6) is 0 Å². The highest BCUT2D eigenvalue weighted by atomic mass is 16.5. The summed E-state index contributed by atoms with van der Waals surface area (Å²) in [6, 6.07) is 2.70. The molecule has 2 unspecified atom stereocenters. The molecule has 2 atom stereocenters. The Morgan fingerprint density at radius 3 is 3.11 bits per heavy atom. The standard InChI is InChI=1S/C13H20N2O3/c1-9-6-15(10(2)5-14-9)7-12-4-11(8-18-12)13(16)17-3/h4,8-10,14H,5-7H2,1-3H3. The first-order valence-corrected chi connectivity index (χ1v) is 6.23. The minimum absolute atomic E-state index is 0.355. The molecule has 0 radical (unpaired) electrons. The number of carbonyl (C=O) groups excluding carboxylic acids is 1. The minimum atomic E-state index is -0.355. The highest BCUT2D eigenvalue weighted by Gasteiger charge is 2.23. The average molecular weight is 252 g/mol. The Morgan fingerprint density at radius 1 is 1.61 bits per heavy atom. The van der Waals surface area contributed by atoms with Crippen molar-refractivity contribution in [2.75, 3.05) is 20.2 Å². The van der Waals surface area contributed by atoms with E-state index in [0.29, 0.717) is 17.6 Å². The Labute approximate surface area is 107 Å². The lowest BCUT2D eigenvalue weighted by molar-refractivity contribution is 0.0600. The molecule has 0 aliphatic carbocycles. The maximum Gasteiger partial charge on any atom is 0.341 e. The van der Waals surface area contributed by atoms with Crippen molar-refractivity contribution in [1.82, 2.24) is 10.2 Å². The van der Waals surface area contributed by atoms with Crippen LogP contribution in [0.3, 0.4) is 0 Å². The summed E-state index contributed by atoms with van der Waals surface area (Å²) in [5.74, 6) is 0.447. The lowest BCUT2D eigenvalue weighted by Crippen LogP contribution is -2.53. The van der Waals surface area contributed by atoms with Gasteiger partial charge in [0.25, 0.3) is 0 Å². The van der Waals surface area contributed by atoms with Gasteiger partial charge in [0.2, 0.25) is 0 Å². The van der Waals surface area contributed by atoms with Crippen molar-refractivity contribution in [3.8, 4) is 0 Å². The molecule has 5 nitrogen and oxygen atoms in total. The highest BCUT2D eigenvalue weighted by molar-refractivity contribution is 5.88. The predicted molar refractivity (Wildman–Crippen MR) is 67.4 cm³/mol. The first-order valence-electron chi connectivity index (χ1n) is 6.23. The Kier molecular flexibility index (Phi) is 4.04. The highest BCUT2D eigenvalue weighted by Crippen LogP contribution is 2.15. The molecule has 0 aromatic carbocycles. The lowest BCUT2D eigenvalue weighted by atomic mass is 10.1. The van der Waals surface area contributed by atoms with E-state index in [4.69, 9.17) is 4.42 Å². The van der Waals surface area contributed by atoms with Crippen LogP contribution in [0.1, 0.15) is 30.0 Å². The van der Waals surface area contributed by atoms with Crippen molar-refractivity contribution in [2.45, 2.75) is 32.5 Å². The largest absolute Gasteiger partial charge is 0.467 e. The van der Waals surface area contributed by atoms with Crippen LogP contribution in [0, 0.1) is 0 Å². The van der Waals surface area contributed by atoms with Gasteiger partial charge in [-0.15, -0.1) is 0 Å². The van der Waals surface area contributed by atoms with Gasteiger partial charge in [-0.3, -0.25) is 4.90 Å². The summed E-state index contributed by atoms with van der Waals surface area (Å²) >= 11 is 0. The number of nitrogens with one attached hydrogen (secondary N) is 1. The third kappa shape index (κ3) is 2.91. The van der Waals surface area contributed by atoms with E-state index in [-0.39, 0.29) is 5.97 Å².